The molecule has 0 unspecified atom stereocenters. The smallest absolute Gasteiger partial charge is 0.0594 e. The number of aliphatic hydroxyl groups is 1. The van der Waals surface area contributed by atoms with Gasteiger partial charge >= 0.3 is 0 Å². The van der Waals surface area contributed by atoms with Crippen LogP contribution in [0.25, 0.3) is 0 Å². The molecule has 0 spiro atoms. The first-order valence-corrected chi connectivity index (χ1v) is 12.8. The Labute approximate surface area is 192 Å². The van der Waals surface area contributed by atoms with E-state index in [1.807, 2.05) is 0 Å². The largest absolute Gasteiger partial charge is 0.393 e. The summed E-state index contributed by atoms with van der Waals surface area (Å²) >= 11 is 0. The normalized spacial score (nSPS) is 45.4. The van der Waals surface area contributed by atoms with Gasteiger partial charge in [0.1, 0.15) is 0 Å². The lowest BCUT2D eigenvalue weighted by molar-refractivity contribution is -0.0236. The fourth-order valence-electron chi connectivity index (χ4n) is 8.93. The van der Waals surface area contributed by atoms with Gasteiger partial charge in [0.25, 0.3) is 0 Å². The van der Waals surface area contributed by atoms with Gasteiger partial charge in [-0.05, 0) is 107 Å². The average Bonchev–Trinajstić information content (AvgIpc) is 2.78. The predicted octanol–water partition coefficient (Wildman–Crippen LogP) is 5.36. The molecule has 0 aromatic rings. The molecule has 0 aromatic carbocycles. The molecule has 0 radical (unpaired) electrons. The van der Waals surface area contributed by atoms with Crippen LogP contribution in [0.1, 0.15) is 73.1 Å². The molecule has 3 heteroatoms. The fraction of sp³-hybridized carbons (Fsp3) is 0.857. The predicted molar refractivity (Wildman–Crippen MR) is 131 cm³/mol. The number of fused-ring (bicyclic) bond motifs is 4. The number of rotatable bonds is 3. The van der Waals surface area contributed by atoms with E-state index in [1.165, 1.54) is 25.7 Å². The summed E-state index contributed by atoms with van der Waals surface area (Å²) in [4.78, 5) is 4.78. The van der Waals surface area contributed by atoms with Crippen molar-refractivity contribution in [3.8, 4) is 0 Å². The maximum absolute atomic E-state index is 11.3. The number of hydrogen-bond donors (Lipinski definition) is 1. The molecule has 2 fully saturated rings. The summed E-state index contributed by atoms with van der Waals surface area (Å²) in [6, 6.07) is 1.05. The van der Waals surface area contributed by atoms with Gasteiger partial charge in [0, 0.05) is 18.0 Å². The first kappa shape index (κ1) is 23.5. The highest BCUT2D eigenvalue weighted by atomic mass is 16.3. The fourth-order valence-corrected chi connectivity index (χ4v) is 8.93. The maximum Gasteiger partial charge on any atom is 0.0594 e. The molecule has 8 atom stereocenters. The van der Waals surface area contributed by atoms with Crippen molar-refractivity contribution < 1.29 is 5.11 Å². The van der Waals surface area contributed by atoms with Crippen LogP contribution in [0, 0.1) is 34.0 Å². The standard InChI is InChI=1S/C28H48N2O/c1-18(29(6)7)25-23(31)17-28(5)22-12-11-21-19(16-20(22)14-15-27(25,28)4)10-13-24(30(8)9)26(21,2)3/h14,16,18,21-25,31H,10-13,15,17H2,1-9H3/t18-,21-,22-,23-,24+,25+,27-,28+/m1/s1. The molecule has 4 aliphatic carbocycles. The molecule has 4 rings (SSSR count). The number of allylic oxidation sites excluding steroid dienone is 4. The van der Waals surface area contributed by atoms with Crippen molar-refractivity contribution in [3.05, 3.63) is 23.3 Å². The lowest BCUT2D eigenvalue weighted by Crippen LogP contribution is -2.50. The van der Waals surface area contributed by atoms with Crippen LogP contribution < -0.4 is 0 Å². The molecular formula is C28H48N2O. The Morgan fingerprint density at radius 2 is 1.61 bits per heavy atom. The summed E-state index contributed by atoms with van der Waals surface area (Å²) in [6.45, 7) is 12.4. The Morgan fingerprint density at radius 1 is 0.968 bits per heavy atom. The van der Waals surface area contributed by atoms with Crippen molar-refractivity contribution in [2.75, 3.05) is 28.2 Å². The van der Waals surface area contributed by atoms with Crippen LogP contribution in [0.3, 0.4) is 0 Å². The van der Waals surface area contributed by atoms with Gasteiger partial charge in [-0.15, -0.1) is 0 Å². The van der Waals surface area contributed by atoms with Gasteiger partial charge < -0.3 is 14.9 Å². The van der Waals surface area contributed by atoms with Gasteiger partial charge in [0.15, 0.2) is 0 Å². The number of nitrogens with zero attached hydrogens (tertiary/aromatic N) is 2. The Kier molecular flexibility index (Phi) is 5.84. The quantitative estimate of drug-likeness (QED) is 0.655. The minimum absolute atomic E-state index is 0.153. The molecule has 0 saturated heterocycles. The van der Waals surface area contributed by atoms with Crippen LogP contribution in [0.4, 0.5) is 0 Å². The van der Waals surface area contributed by atoms with Gasteiger partial charge in [-0.25, -0.2) is 0 Å². The second-order valence-corrected chi connectivity index (χ2v) is 13.0. The van der Waals surface area contributed by atoms with Gasteiger partial charge in [0.2, 0.25) is 0 Å². The Hall–Kier alpha value is -0.640. The minimum atomic E-state index is -0.201. The van der Waals surface area contributed by atoms with E-state index in [2.05, 4.69) is 84.8 Å². The van der Waals surface area contributed by atoms with E-state index in [1.54, 1.807) is 11.1 Å². The molecule has 4 aliphatic rings. The lowest BCUT2D eigenvalue weighted by Gasteiger charge is -2.53. The van der Waals surface area contributed by atoms with E-state index < -0.39 is 0 Å². The third kappa shape index (κ3) is 3.32. The molecule has 0 aliphatic heterocycles. The van der Waals surface area contributed by atoms with Crippen molar-refractivity contribution in [2.45, 2.75) is 91.3 Å². The molecule has 0 amide bonds. The van der Waals surface area contributed by atoms with Crippen molar-refractivity contribution in [1.82, 2.24) is 9.80 Å². The number of hydrogen-bond acceptors (Lipinski definition) is 3. The zero-order chi connectivity index (χ0) is 22.9. The van der Waals surface area contributed by atoms with Gasteiger partial charge in [-0.2, -0.15) is 0 Å². The summed E-state index contributed by atoms with van der Waals surface area (Å²) in [5, 5.41) is 11.3. The Bertz CT molecular complexity index is 765. The van der Waals surface area contributed by atoms with Crippen LogP contribution >= 0.6 is 0 Å². The second-order valence-electron chi connectivity index (χ2n) is 13.0. The van der Waals surface area contributed by atoms with E-state index in [0.717, 1.165) is 12.8 Å². The van der Waals surface area contributed by atoms with Crippen LogP contribution in [-0.4, -0.2) is 61.3 Å². The van der Waals surface area contributed by atoms with Gasteiger partial charge in [-0.1, -0.05) is 45.4 Å². The number of aliphatic hydroxyl groups excluding tert-OH is 1. The maximum atomic E-state index is 11.3. The third-order valence-corrected chi connectivity index (χ3v) is 11.0. The van der Waals surface area contributed by atoms with Crippen molar-refractivity contribution >= 4 is 0 Å². The third-order valence-electron chi connectivity index (χ3n) is 11.0. The highest BCUT2D eigenvalue weighted by Gasteiger charge is 2.64. The SMILES string of the molecule is C[C@H]([C@H]1[C@H](O)C[C@@]2(C)[C@@H]3CC[C@@H]4C(=CC3=CC[C@]12C)CC[C@H](N(C)C)C4(C)C)N(C)C. The summed E-state index contributed by atoms with van der Waals surface area (Å²) in [7, 11) is 8.87. The summed E-state index contributed by atoms with van der Waals surface area (Å²) in [6.07, 6.45) is 12.2. The highest BCUT2D eigenvalue weighted by Crippen LogP contribution is 2.68. The molecule has 176 valence electrons. The van der Waals surface area contributed by atoms with Crippen molar-refractivity contribution in [1.29, 1.82) is 0 Å². The summed E-state index contributed by atoms with van der Waals surface area (Å²) in [5.74, 6) is 1.59. The molecule has 3 nitrogen and oxygen atoms in total. The molecule has 1 N–H and O–H groups in total. The molecule has 31 heavy (non-hydrogen) atoms. The lowest BCUT2D eigenvalue weighted by atomic mass is 9.51. The van der Waals surface area contributed by atoms with Crippen LogP contribution in [-0.2, 0) is 0 Å². The first-order valence-electron chi connectivity index (χ1n) is 12.8. The molecule has 0 heterocycles. The van der Waals surface area contributed by atoms with Crippen LogP contribution in [0.2, 0.25) is 0 Å². The van der Waals surface area contributed by atoms with E-state index >= 15 is 0 Å². The van der Waals surface area contributed by atoms with Crippen molar-refractivity contribution in [2.24, 2.45) is 34.0 Å². The van der Waals surface area contributed by atoms with Gasteiger partial charge in [-0.3, -0.25) is 0 Å². The van der Waals surface area contributed by atoms with Crippen LogP contribution in [0.15, 0.2) is 23.3 Å². The van der Waals surface area contributed by atoms with E-state index in [9.17, 15) is 5.11 Å². The van der Waals surface area contributed by atoms with E-state index in [0.29, 0.717) is 35.3 Å². The average molecular weight is 429 g/mol. The second kappa shape index (κ2) is 7.71. The molecule has 0 aromatic heterocycles. The van der Waals surface area contributed by atoms with Crippen molar-refractivity contribution in [3.63, 3.8) is 0 Å². The minimum Gasteiger partial charge on any atom is -0.393 e. The Morgan fingerprint density at radius 3 is 2.23 bits per heavy atom. The summed E-state index contributed by atoms with van der Waals surface area (Å²) < 4.78 is 0. The molecular weight excluding hydrogens is 380 g/mol. The van der Waals surface area contributed by atoms with E-state index in [4.69, 9.17) is 0 Å². The van der Waals surface area contributed by atoms with Crippen LogP contribution in [0.5, 0.6) is 0 Å². The Balaban J connectivity index is 1.70. The molecule has 2 saturated carbocycles. The summed E-state index contributed by atoms with van der Waals surface area (Å²) in [5.41, 5.74) is 3.94. The highest BCUT2D eigenvalue weighted by molar-refractivity contribution is 5.37. The monoisotopic (exact) mass is 428 g/mol. The first-order chi connectivity index (χ1) is 14.3. The van der Waals surface area contributed by atoms with Gasteiger partial charge in [0.05, 0.1) is 6.10 Å². The molecule has 0 bridgehead atoms. The zero-order valence-electron chi connectivity index (χ0n) is 21.7. The van der Waals surface area contributed by atoms with E-state index in [-0.39, 0.29) is 16.9 Å². The zero-order valence-corrected chi connectivity index (χ0v) is 21.7. The topological polar surface area (TPSA) is 26.7 Å².